The van der Waals surface area contributed by atoms with Gasteiger partial charge in [-0.1, -0.05) is 37.3 Å². The normalized spacial score (nSPS) is 39.0. The highest BCUT2D eigenvalue weighted by Crippen LogP contribution is 2.67. The zero-order valence-corrected chi connectivity index (χ0v) is 29.3. The molecule has 1 heterocycles. The van der Waals surface area contributed by atoms with Gasteiger partial charge in [0.15, 0.2) is 5.79 Å². The maximum Gasteiger partial charge on any atom is 0.303 e. The van der Waals surface area contributed by atoms with Crippen LogP contribution in [0.2, 0.25) is 0 Å². The van der Waals surface area contributed by atoms with Crippen molar-refractivity contribution >= 4 is 17.9 Å². The quantitative estimate of drug-likeness (QED) is 0.220. The number of fused-ring (bicyclic) bond motifs is 4. The van der Waals surface area contributed by atoms with E-state index < -0.39 is 88.3 Å². The second-order valence-electron chi connectivity index (χ2n) is 15.1. The molecule has 3 aliphatic carbocycles. The van der Waals surface area contributed by atoms with E-state index in [-0.39, 0.29) is 26.1 Å². The summed E-state index contributed by atoms with van der Waals surface area (Å²) in [6.45, 7) is 13.4. The van der Waals surface area contributed by atoms with Crippen LogP contribution in [0.25, 0.3) is 0 Å². The first-order valence-corrected chi connectivity index (χ1v) is 16.5. The van der Waals surface area contributed by atoms with Crippen LogP contribution in [0.3, 0.4) is 0 Å². The number of hydrogen-bond donors (Lipinski definition) is 3. The summed E-state index contributed by atoms with van der Waals surface area (Å²) in [6.07, 6.45) is -7.23. The van der Waals surface area contributed by atoms with Crippen molar-refractivity contribution in [2.24, 2.45) is 16.7 Å². The number of ether oxygens (including phenoxy) is 6. The van der Waals surface area contributed by atoms with Crippen LogP contribution in [0.15, 0.2) is 41.5 Å². The number of rotatable bonds is 7. The van der Waals surface area contributed by atoms with Crippen LogP contribution < -0.4 is 0 Å². The van der Waals surface area contributed by atoms with Crippen molar-refractivity contribution < 1.29 is 58.1 Å². The number of carbonyl (C=O) groups is 3. The molecule has 12 heteroatoms. The predicted molar refractivity (Wildman–Crippen MR) is 170 cm³/mol. The molecule has 2 saturated carbocycles. The summed E-state index contributed by atoms with van der Waals surface area (Å²) in [6, 6.07) is 9.31. The molecule has 266 valence electrons. The van der Waals surface area contributed by atoms with E-state index in [9.17, 15) is 29.7 Å². The predicted octanol–water partition coefficient (Wildman–Crippen LogP) is 3.13. The van der Waals surface area contributed by atoms with E-state index in [0.717, 1.165) is 5.56 Å². The van der Waals surface area contributed by atoms with Gasteiger partial charge in [0.1, 0.15) is 30.0 Å². The second-order valence-corrected chi connectivity index (χ2v) is 15.1. The first-order chi connectivity index (χ1) is 22.2. The van der Waals surface area contributed by atoms with Crippen LogP contribution in [-0.4, -0.2) is 93.4 Å². The van der Waals surface area contributed by atoms with Crippen molar-refractivity contribution in [1.29, 1.82) is 0 Å². The zero-order valence-electron chi connectivity index (χ0n) is 29.3. The van der Waals surface area contributed by atoms with E-state index in [1.807, 2.05) is 30.3 Å². The largest absolute Gasteiger partial charge is 0.462 e. The summed E-state index contributed by atoms with van der Waals surface area (Å²) in [5.41, 5.74) is -5.24. The lowest BCUT2D eigenvalue weighted by Gasteiger charge is -2.63. The van der Waals surface area contributed by atoms with Gasteiger partial charge in [-0.3, -0.25) is 14.4 Å². The Morgan fingerprint density at radius 2 is 1.54 bits per heavy atom. The first-order valence-electron chi connectivity index (χ1n) is 16.5. The molecule has 0 amide bonds. The fourth-order valence-corrected chi connectivity index (χ4v) is 9.10. The molecule has 5 rings (SSSR count). The van der Waals surface area contributed by atoms with Gasteiger partial charge in [-0.25, -0.2) is 0 Å². The molecule has 0 radical (unpaired) electrons. The van der Waals surface area contributed by atoms with Crippen molar-refractivity contribution in [2.45, 2.75) is 135 Å². The van der Waals surface area contributed by atoms with Gasteiger partial charge in [0.25, 0.3) is 0 Å². The second kappa shape index (κ2) is 12.5. The molecule has 10 atom stereocenters. The fourth-order valence-electron chi connectivity index (χ4n) is 9.10. The number of hydrogen-bond acceptors (Lipinski definition) is 12. The summed E-state index contributed by atoms with van der Waals surface area (Å²) in [4.78, 5) is 39.1. The molecule has 12 nitrogen and oxygen atoms in total. The van der Waals surface area contributed by atoms with E-state index in [1.165, 1.54) is 20.8 Å². The monoisotopic (exact) mass is 674 g/mol. The van der Waals surface area contributed by atoms with Crippen LogP contribution in [0, 0.1) is 16.7 Å². The van der Waals surface area contributed by atoms with E-state index in [4.69, 9.17) is 28.4 Å². The minimum atomic E-state index is -1.95. The van der Waals surface area contributed by atoms with Crippen molar-refractivity contribution in [3.05, 3.63) is 47.0 Å². The average Bonchev–Trinajstić information content (AvgIpc) is 3.20. The van der Waals surface area contributed by atoms with Crippen molar-refractivity contribution in [2.75, 3.05) is 6.61 Å². The minimum absolute atomic E-state index is 0.0258. The first kappa shape index (κ1) is 36.4. The SMILES string of the molecule is CC(=O)O[C@H]1C[C@@H]2OC(C)(C)OC[C@@]2(O)[C@H]2[C@H](OC(C)=O)[C@]3(C(C)(C)O)C[C@H](O)C(C)=C3[C@@H](OCc3ccccc3)[C@H](OC(C)=O)[C@]12C. The summed E-state index contributed by atoms with van der Waals surface area (Å²) in [5.74, 6) is -4.44. The lowest BCUT2D eigenvalue weighted by Crippen LogP contribution is -2.76. The lowest BCUT2D eigenvalue weighted by atomic mass is 9.50. The number of carbonyl (C=O) groups excluding carboxylic acids is 3. The van der Waals surface area contributed by atoms with Crippen molar-refractivity contribution in [3.8, 4) is 0 Å². The number of aliphatic hydroxyl groups excluding tert-OH is 1. The maximum absolute atomic E-state index is 13.2. The van der Waals surface area contributed by atoms with Crippen LogP contribution >= 0.6 is 0 Å². The summed E-state index contributed by atoms with van der Waals surface area (Å²) < 4.78 is 37.7. The van der Waals surface area contributed by atoms with Crippen LogP contribution in [0.4, 0.5) is 0 Å². The molecule has 48 heavy (non-hydrogen) atoms. The Labute approximate surface area is 281 Å². The number of aliphatic hydroxyl groups is 3. The third-order valence-corrected chi connectivity index (χ3v) is 11.1. The van der Waals surface area contributed by atoms with Gasteiger partial charge in [-0.2, -0.15) is 0 Å². The molecule has 0 aromatic heterocycles. The van der Waals surface area contributed by atoms with Crippen molar-refractivity contribution in [1.82, 2.24) is 0 Å². The van der Waals surface area contributed by atoms with Gasteiger partial charge in [-0.05, 0) is 57.7 Å². The summed E-state index contributed by atoms with van der Waals surface area (Å²) >= 11 is 0. The number of benzene rings is 1. The van der Waals surface area contributed by atoms with Crippen LogP contribution in [0.5, 0.6) is 0 Å². The molecule has 1 aromatic carbocycles. The molecule has 1 aliphatic heterocycles. The highest BCUT2D eigenvalue weighted by atomic mass is 16.7. The van der Waals surface area contributed by atoms with E-state index in [0.29, 0.717) is 11.1 Å². The standard InChI is InChI=1S/C36H50O12/c1-19-24(40)16-35(32(5,6)41)27(19)28(43-17-23-13-11-10-12-14-23)30(46-21(3)38)34(9)25(45-20(2)37)15-26-36(42,18-44-33(7,8)48-26)29(34)31(35)47-22(4)39/h10-14,24-26,28-31,40-42H,15-18H2,1-9H3/t24-,25-,26-,28+,29-,30-,31-,34+,35-,36-/m0/s1. The Hall–Kier alpha value is -2.87. The van der Waals surface area contributed by atoms with Crippen LogP contribution in [0.1, 0.15) is 80.7 Å². The van der Waals surface area contributed by atoms with Gasteiger partial charge in [-0.15, -0.1) is 0 Å². The zero-order chi connectivity index (χ0) is 35.6. The fraction of sp³-hybridized carbons (Fsp3) is 0.694. The molecule has 1 saturated heterocycles. The Balaban J connectivity index is 1.90. The Bertz CT molecular complexity index is 1450. The minimum Gasteiger partial charge on any atom is -0.462 e. The van der Waals surface area contributed by atoms with Crippen LogP contribution in [-0.2, 0) is 49.4 Å². The molecule has 1 aromatic rings. The molecule has 0 bridgehead atoms. The summed E-state index contributed by atoms with van der Waals surface area (Å²) in [5, 5.41) is 37.0. The third-order valence-electron chi connectivity index (χ3n) is 11.1. The molecule has 4 aliphatic rings. The smallest absolute Gasteiger partial charge is 0.303 e. The van der Waals surface area contributed by atoms with E-state index in [1.54, 1.807) is 41.5 Å². The molecular weight excluding hydrogens is 624 g/mol. The van der Waals surface area contributed by atoms with E-state index in [2.05, 4.69) is 0 Å². The molecule has 0 spiro atoms. The molecular formula is C36H50O12. The van der Waals surface area contributed by atoms with Gasteiger partial charge < -0.3 is 43.7 Å². The topological polar surface area (TPSA) is 167 Å². The Morgan fingerprint density at radius 3 is 2.10 bits per heavy atom. The third kappa shape index (κ3) is 5.88. The highest BCUT2D eigenvalue weighted by molar-refractivity contribution is 5.68. The molecule has 0 unspecified atom stereocenters. The van der Waals surface area contributed by atoms with Gasteiger partial charge in [0.05, 0.1) is 41.9 Å². The highest BCUT2D eigenvalue weighted by Gasteiger charge is 2.78. The lowest BCUT2D eigenvalue weighted by molar-refractivity contribution is -0.385. The number of esters is 3. The Morgan fingerprint density at radius 1 is 0.958 bits per heavy atom. The van der Waals surface area contributed by atoms with Crippen molar-refractivity contribution in [3.63, 3.8) is 0 Å². The molecule has 3 N–H and O–H groups in total. The average molecular weight is 675 g/mol. The summed E-state index contributed by atoms with van der Waals surface area (Å²) in [7, 11) is 0. The maximum atomic E-state index is 13.2. The van der Waals surface area contributed by atoms with Gasteiger partial charge in [0, 0.05) is 33.1 Å². The van der Waals surface area contributed by atoms with Gasteiger partial charge in [0.2, 0.25) is 0 Å². The Kier molecular flexibility index (Phi) is 9.46. The molecule has 3 fully saturated rings. The van der Waals surface area contributed by atoms with Gasteiger partial charge >= 0.3 is 17.9 Å². The van der Waals surface area contributed by atoms with E-state index >= 15 is 0 Å².